The Morgan fingerprint density at radius 2 is 1.88 bits per heavy atom. The molecule has 4 heteroatoms. The van der Waals surface area contributed by atoms with Crippen molar-refractivity contribution >= 4 is 12.3 Å². The molecule has 0 saturated carbocycles. The Hall–Kier alpha value is -2.36. The molecule has 80 valence electrons. The summed E-state index contributed by atoms with van der Waals surface area (Å²) >= 11 is 0. The highest BCUT2D eigenvalue weighted by Crippen LogP contribution is 2.12. The van der Waals surface area contributed by atoms with E-state index in [0.717, 1.165) is 12.0 Å². The molecular weight excluding hydrogens is 206 g/mol. The van der Waals surface area contributed by atoms with Gasteiger partial charge in [-0.2, -0.15) is 0 Å². The third-order valence-corrected chi connectivity index (χ3v) is 2.28. The smallest absolute Gasteiger partial charge is 0.166 e. The van der Waals surface area contributed by atoms with E-state index in [1.165, 1.54) is 12.1 Å². The summed E-state index contributed by atoms with van der Waals surface area (Å²) in [4.78, 5) is 21.3. The first-order valence-corrected chi connectivity index (χ1v) is 4.66. The predicted molar refractivity (Wildman–Crippen MR) is 55.5 cm³/mol. The van der Waals surface area contributed by atoms with Crippen molar-refractivity contribution in [1.29, 1.82) is 0 Å². The van der Waals surface area contributed by atoms with Crippen LogP contribution in [0.4, 0.5) is 0 Å². The van der Waals surface area contributed by atoms with Crippen molar-refractivity contribution in [3.8, 4) is 5.69 Å². The molecule has 1 aromatic carbocycles. The summed E-state index contributed by atoms with van der Waals surface area (Å²) in [6.07, 6.45) is 2.48. The number of aromatic nitrogens is 1. The lowest BCUT2D eigenvalue weighted by molar-refractivity contribution is -0.255. The molecule has 0 aliphatic heterocycles. The molecule has 16 heavy (non-hydrogen) atoms. The zero-order valence-corrected chi connectivity index (χ0v) is 8.29. The van der Waals surface area contributed by atoms with E-state index >= 15 is 0 Å². The van der Waals surface area contributed by atoms with Crippen molar-refractivity contribution in [3.63, 3.8) is 0 Å². The molecule has 2 rings (SSSR count). The number of aromatic carboxylic acids is 1. The second-order valence-corrected chi connectivity index (χ2v) is 3.26. The normalized spacial score (nSPS) is 10.0. The maximum absolute atomic E-state index is 10.7. The summed E-state index contributed by atoms with van der Waals surface area (Å²) in [5, 5.41) is 10.5. The minimum absolute atomic E-state index is 0.114. The van der Waals surface area contributed by atoms with Crippen molar-refractivity contribution in [2.75, 3.05) is 0 Å². The molecule has 0 spiro atoms. The largest absolute Gasteiger partial charge is 0.545 e. The second kappa shape index (κ2) is 4.02. The molecule has 2 aromatic rings. The Bertz CT molecular complexity index is 525. The molecule has 0 aliphatic carbocycles. The Labute approximate surface area is 91.8 Å². The lowest BCUT2D eigenvalue weighted by Crippen LogP contribution is -2.22. The van der Waals surface area contributed by atoms with Gasteiger partial charge in [0, 0.05) is 11.9 Å². The fraction of sp³-hybridized carbons (Fsp3) is 0. The third-order valence-electron chi connectivity index (χ3n) is 2.28. The van der Waals surface area contributed by atoms with Crippen molar-refractivity contribution in [3.05, 3.63) is 53.9 Å². The quantitative estimate of drug-likeness (QED) is 0.705. The van der Waals surface area contributed by atoms with Gasteiger partial charge in [0.1, 0.15) is 0 Å². The molecule has 0 amide bonds. The number of hydrogen-bond donors (Lipinski definition) is 0. The topological polar surface area (TPSA) is 62.1 Å². The van der Waals surface area contributed by atoms with Crippen LogP contribution in [0.5, 0.6) is 0 Å². The van der Waals surface area contributed by atoms with E-state index in [2.05, 4.69) is 0 Å². The summed E-state index contributed by atoms with van der Waals surface area (Å²) in [7, 11) is 0. The van der Waals surface area contributed by atoms with Crippen LogP contribution in [0.1, 0.15) is 20.8 Å². The van der Waals surface area contributed by atoms with Gasteiger partial charge in [0.2, 0.25) is 0 Å². The highest BCUT2D eigenvalue weighted by molar-refractivity contribution is 5.86. The molecule has 0 fully saturated rings. The number of carbonyl (C=O) groups is 2. The van der Waals surface area contributed by atoms with Gasteiger partial charge in [0.05, 0.1) is 11.7 Å². The first-order valence-electron chi connectivity index (χ1n) is 4.66. The van der Waals surface area contributed by atoms with Crippen LogP contribution in [0.2, 0.25) is 0 Å². The summed E-state index contributed by atoms with van der Waals surface area (Å²) in [6, 6.07) is 9.56. The summed E-state index contributed by atoms with van der Waals surface area (Å²) < 4.78 is 1.67. The fourth-order valence-electron chi connectivity index (χ4n) is 1.48. The van der Waals surface area contributed by atoms with Crippen LogP contribution in [0.15, 0.2) is 42.6 Å². The van der Waals surface area contributed by atoms with Crippen molar-refractivity contribution in [1.82, 2.24) is 4.57 Å². The van der Waals surface area contributed by atoms with E-state index in [1.54, 1.807) is 35.0 Å². The molecule has 0 saturated heterocycles. The number of rotatable bonds is 3. The Kier molecular flexibility index (Phi) is 2.55. The number of carboxylic acids is 1. The maximum atomic E-state index is 10.7. The predicted octanol–water partition coefficient (Wildman–Crippen LogP) is 0.653. The van der Waals surface area contributed by atoms with Gasteiger partial charge >= 0.3 is 0 Å². The molecule has 4 nitrogen and oxygen atoms in total. The highest BCUT2D eigenvalue weighted by atomic mass is 16.4. The number of hydrogen-bond acceptors (Lipinski definition) is 3. The standard InChI is InChI=1S/C12H9NO3/c14-8-11-2-1-7-13(11)10-5-3-9(4-6-10)12(15)16/h1-8H,(H,15,16)/p-1. The third kappa shape index (κ3) is 1.72. The molecule has 0 aliphatic rings. The monoisotopic (exact) mass is 214 g/mol. The van der Waals surface area contributed by atoms with Gasteiger partial charge in [-0.1, -0.05) is 12.1 Å². The molecule has 0 unspecified atom stereocenters. The fourth-order valence-corrected chi connectivity index (χ4v) is 1.48. The lowest BCUT2D eigenvalue weighted by atomic mass is 10.2. The molecule has 1 aromatic heterocycles. The first-order chi connectivity index (χ1) is 7.72. The van der Waals surface area contributed by atoms with Crippen LogP contribution >= 0.6 is 0 Å². The van der Waals surface area contributed by atoms with Gasteiger partial charge in [0.15, 0.2) is 6.29 Å². The number of benzene rings is 1. The van der Waals surface area contributed by atoms with Crippen LogP contribution < -0.4 is 5.11 Å². The minimum atomic E-state index is -1.21. The average Bonchev–Trinajstić information content (AvgIpc) is 2.77. The molecule has 0 bridgehead atoms. The van der Waals surface area contributed by atoms with Crippen molar-refractivity contribution in [2.45, 2.75) is 0 Å². The highest BCUT2D eigenvalue weighted by Gasteiger charge is 2.01. The van der Waals surface area contributed by atoms with Crippen LogP contribution in [0, 0.1) is 0 Å². The van der Waals surface area contributed by atoms with Gasteiger partial charge in [-0.15, -0.1) is 0 Å². The number of carboxylic acid groups (broad SMARTS) is 1. The van der Waals surface area contributed by atoms with E-state index < -0.39 is 5.97 Å². The maximum Gasteiger partial charge on any atom is 0.166 e. The number of aldehydes is 1. The van der Waals surface area contributed by atoms with Crippen LogP contribution in [-0.2, 0) is 0 Å². The average molecular weight is 214 g/mol. The van der Waals surface area contributed by atoms with E-state index in [9.17, 15) is 14.7 Å². The van der Waals surface area contributed by atoms with Gasteiger partial charge in [-0.05, 0) is 29.8 Å². The summed E-state index contributed by atoms with van der Waals surface area (Å²) in [5.74, 6) is -1.21. The Morgan fingerprint density at radius 1 is 1.19 bits per heavy atom. The summed E-state index contributed by atoms with van der Waals surface area (Å²) in [5.41, 5.74) is 1.36. The second-order valence-electron chi connectivity index (χ2n) is 3.26. The zero-order chi connectivity index (χ0) is 11.5. The molecule has 0 radical (unpaired) electrons. The van der Waals surface area contributed by atoms with E-state index in [4.69, 9.17) is 0 Å². The zero-order valence-electron chi connectivity index (χ0n) is 8.29. The van der Waals surface area contributed by atoms with Crippen molar-refractivity contribution < 1.29 is 14.7 Å². The minimum Gasteiger partial charge on any atom is -0.545 e. The van der Waals surface area contributed by atoms with Gasteiger partial charge in [-0.3, -0.25) is 4.79 Å². The van der Waals surface area contributed by atoms with E-state index in [1.807, 2.05) is 0 Å². The summed E-state index contributed by atoms with van der Waals surface area (Å²) in [6.45, 7) is 0. The SMILES string of the molecule is O=Cc1cccn1-c1ccc(C(=O)[O-])cc1. The Balaban J connectivity index is 2.42. The van der Waals surface area contributed by atoms with Crippen LogP contribution in [0.3, 0.4) is 0 Å². The molecule has 0 N–H and O–H groups in total. The number of nitrogens with zero attached hydrogens (tertiary/aromatic N) is 1. The lowest BCUT2D eigenvalue weighted by Gasteiger charge is -2.07. The van der Waals surface area contributed by atoms with Crippen LogP contribution in [0.25, 0.3) is 5.69 Å². The van der Waals surface area contributed by atoms with Crippen molar-refractivity contribution in [2.24, 2.45) is 0 Å². The molecule has 1 heterocycles. The Morgan fingerprint density at radius 3 is 2.44 bits per heavy atom. The first kappa shape index (κ1) is 10.2. The molecular formula is C12H8NO3-. The molecule has 0 atom stereocenters. The van der Waals surface area contributed by atoms with Gasteiger partial charge in [0.25, 0.3) is 0 Å². The number of carbonyl (C=O) groups excluding carboxylic acids is 2. The van der Waals surface area contributed by atoms with Gasteiger partial charge in [-0.25, -0.2) is 0 Å². The van der Waals surface area contributed by atoms with Crippen LogP contribution in [-0.4, -0.2) is 16.8 Å². The van der Waals surface area contributed by atoms with Gasteiger partial charge < -0.3 is 14.5 Å². The van der Waals surface area contributed by atoms with E-state index in [0.29, 0.717) is 5.69 Å². The van der Waals surface area contributed by atoms with E-state index in [-0.39, 0.29) is 5.56 Å².